The fourth-order valence-electron chi connectivity index (χ4n) is 2.85. The smallest absolute Gasteiger partial charge is 0.311 e. The Morgan fingerprint density at radius 1 is 0.838 bits per heavy atom. The molecule has 5 heteroatoms. The second kappa shape index (κ2) is 16.9. The van der Waals surface area contributed by atoms with Crippen LogP contribution in [0, 0.1) is 39.4 Å². The van der Waals surface area contributed by atoms with Gasteiger partial charge >= 0.3 is 5.97 Å². The predicted molar refractivity (Wildman–Crippen MR) is 150 cm³/mol. The van der Waals surface area contributed by atoms with E-state index in [-0.39, 0.29) is 24.4 Å². The molecule has 198 valence electrons. The average Bonchev–Trinajstić information content (AvgIpc) is 2.93. The van der Waals surface area contributed by atoms with Crippen LogP contribution in [-0.2, 0) is 14.9 Å². The molecule has 0 aliphatic carbocycles. The number of carbonyl (C=O) groups is 1. The van der Waals surface area contributed by atoms with Crippen LogP contribution in [0.4, 0.5) is 0 Å². The van der Waals surface area contributed by atoms with Gasteiger partial charge in [0.15, 0.2) is 0 Å². The lowest BCUT2D eigenvalue weighted by Crippen LogP contribution is -2.25. The quantitative estimate of drug-likeness (QED) is 0.268. The Morgan fingerprint density at radius 3 is 1.70 bits per heavy atom. The normalized spacial score (nSPS) is 11.2. The third-order valence-electron chi connectivity index (χ3n) is 6.78. The average molecular weight is 502 g/mol. The molecular formula is C32H43N3O2. The highest BCUT2D eigenvalue weighted by molar-refractivity contribution is 5.75. The number of hydrogen-bond donors (Lipinski definition) is 0. The molecule has 0 radical (unpaired) electrons. The highest BCUT2D eigenvalue weighted by Gasteiger charge is 2.26. The standard InChI is InChI=1S/C12H15N.C11H13N.C9H15NO2/c1-4-12(2,3)11-7-5-10(9-13)6-8-11;1-3-9(2)11-6-4-10(8-12)5-7-11;1-4-9(2,3)8(11)12-7-5-6-10/h5-8H,4H2,1-3H3;4-7,9H,3H2,1-2H3;4-5,7H2,1-3H3. The highest BCUT2D eigenvalue weighted by atomic mass is 16.5. The molecule has 0 heterocycles. The first kappa shape index (κ1) is 33.4. The van der Waals surface area contributed by atoms with Crippen LogP contribution in [0.2, 0.25) is 0 Å². The Labute approximate surface area is 224 Å². The van der Waals surface area contributed by atoms with Crippen molar-refractivity contribution in [2.24, 2.45) is 5.41 Å². The van der Waals surface area contributed by atoms with Gasteiger partial charge in [-0.25, -0.2) is 0 Å². The number of carbonyl (C=O) groups excluding carboxylic acids is 1. The van der Waals surface area contributed by atoms with Gasteiger partial charge < -0.3 is 4.74 Å². The molecule has 0 amide bonds. The maximum Gasteiger partial charge on any atom is 0.311 e. The van der Waals surface area contributed by atoms with Gasteiger partial charge in [0.05, 0.1) is 41.2 Å². The third-order valence-corrected chi connectivity index (χ3v) is 6.78. The molecule has 2 aromatic carbocycles. The van der Waals surface area contributed by atoms with Crippen molar-refractivity contribution in [3.8, 4) is 18.2 Å². The molecule has 2 rings (SSSR count). The third kappa shape index (κ3) is 12.3. The predicted octanol–water partition coefficient (Wildman–Crippen LogP) is 8.20. The number of nitriles is 3. The monoisotopic (exact) mass is 501 g/mol. The number of esters is 1. The topological polar surface area (TPSA) is 97.7 Å². The molecule has 5 nitrogen and oxygen atoms in total. The number of benzene rings is 2. The first-order valence-corrected chi connectivity index (χ1v) is 13.0. The van der Waals surface area contributed by atoms with Crippen LogP contribution in [0.1, 0.15) is 109 Å². The maximum atomic E-state index is 11.2. The van der Waals surface area contributed by atoms with Gasteiger partial charge in [-0.05, 0) is 79.8 Å². The Balaban J connectivity index is 0.000000526. The van der Waals surface area contributed by atoms with Gasteiger partial charge in [-0.1, -0.05) is 65.8 Å². The van der Waals surface area contributed by atoms with E-state index in [1.54, 1.807) is 0 Å². The van der Waals surface area contributed by atoms with E-state index >= 15 is 0 Å². The van der Waals surface area contributed by atoms with E-state index in [0.29, 0.717) is 5.92 Å². The van der Waals surface area contributed by atoms with E-state index in [2.05, 4.69) is 46.8 Å². The minimum atomic E-state index is -0.421. The summed E-state index contributed by atoms with van der Waals surface area (Å²) in [7, 11) is 0. The number of ether oxygens (including phenoxy) is 1. The molecule has 0 saturated carbocycles. The van der Waals surface area contributed by atoms with Crippen LogP contribution < -0.4 is 0 Å². The molecule has 2 aromatic rings. The lowest BCUT2D eigenvalue weighted by atomic mass is 9.82. The zero-order valence-corrected chi connectivity index (χ0v) is 23.9. The lowest BCUT2D eigenvalue weighted by Gasteiger charge is -2.23. The van der Waals surface area contributed by atoms with E-state index in [0.717, 1.165) is 30.4 Å². The van der Waals surface area contributed by atoms with Gasteiger partial charge in [0.2, 0.25) is 0 Å². The summed E-state index contributed by atoms with van der Waals surface area (Å²) in [6.07, 6.45) is 3.27. The lowest BCUT2D eigenvalue weighted by molar-refractivity contribution is -0.153. The molecule has 0 fully saturated rings. The molecule has 37 heavy (non-hydrogen) atoms. The summed E-state index contributed by atoms with van der Waals surface area (Å²) in [5, 5.41) is 25.4. The van der Waals surface area contributed by atoms with Crippen molar-refractivity contribution in [3.63, 3.8) is 0 Å². The van der Waals surface area contributed by atoms with Crippen LogP contribution in [0.5, 0.6) is 0 Å². The Bertz CT molecular complexity index is 1060. The summed E-state index contributed by atoms with van der Waals surface area (Å²) >= 11 is 0. The van der Waals surface area contributed by atoms with Gasteiger partial charge in [-0.2, -0.15) is 15.8 Å². The molecule has 0 N–H and O–H groups in total. The van der Waals surface area contributed by atoms with Gasteiger partial charge in [0.1, 0.15) is 6.61 Å². The molecule has 1 unspecified atom stereocenters. The van der Waals surface area contributed by atoms with Crippen LogP contribution in [0.3, 0.4) is 0 Å². The van der Waals surface area contributed by atoms with Gasteiger partial charge in [-0.15, -0.1) is 0 Å². The van der Waals surface area contributed by atoms with E-state index in [4.69, 9.17) is 20.5 Å². The molecule has 0 aliphatic rings. The summed E-state index contributed by atoms with van der Waals surface area (Å²) < 4.78 is 4.88. The van der Waals surface area contributed by atoms with Crippen LogP contribution in [0.25, 0.3) is 0 Å². The Hall–Kier alpha value is -3.62. The number of nitrogens with zero attached hydrogens (tertiary/aromatic N) is 3. The minimum absolute atomic E-state index is 0.207. The van der Waals surface area contributed by atoms with Crippen molar-refractivity contribution in [2.45, 2.75) is 92.4 Å². The first-order valence-electron chi connectivity index (χ1n) is 13.0. The van der Waals surface area contributed by atoms with Crippen molar-refractivity contribution < 1.29 is 9.53 Å². The summed E-state index contributed by atoms with van der Waals surface area (Å²) in [5.74, 6) is 0.373. The Kier molecular flexibility index (Phi) is 15.3. The van der Waals surface area contributed by atoms with E-state index < -0.39 is 5.41 Å². The summed E-state index contributed by atoms with van der Waals surface area (Å²) in [6, 6.07) is 21.8. The largest absolute Gasteiger partial charge is 0.464 e. The minimum Gasteiger partial charge on any atom is -0.464 e. The van der Waals surface area contributed by atoms with Crippen molar-refractivity contribution >= 4 is 5.97 Å². The van der Waals surface area contributed by atoms with Crippen LogP contribution >= 0.6 is 0 Å². The van der Waals surface area contributed by atoms with Gasteiger partial charge in [0.25, 0.3) is 0 Å². The Morgan fingerprint density at radius 2 is 1.32 bits per heavy atom. The number of rotatable bonds is 8. The fourth-order valence-corrected chi connectivity index (χ4v) is 2.85. The van der Waals surface area contributed by atoms with E-state index in [1.165, 1.54) is 11.1 Å². The van der Waals surface area contributed by atoms with Crippen LogP contribution in [0.15, 0.2) is 48.5 Å². The van der Waals surface area contributed by atoms with Gasteiger partial charge in [-0.3, -0.25) is 4.79 Å². The first-order chi connectivity index (χ1) is 17.4. The van der Waals surface area contributed by atoms with Crippen molar-refractivity contribution in [1.29, 1.82) is 15.8 Å². The van der Waals surface area contributed by atoms with Crippen molar-refractivity contribution in [2.75, 3.05) is 6.61 Å². The molecule has 1 atom stereocenters. The molecule has 0 saturated heterocycles. The molecule has 0 spiro atoms. The summed E-state index contributed by atoms with van der Waals surface area (Å²) in [6.45, 7) is 16.8. The van der Waals surface area contributed by atoms with Gasteiger partial charge in [0, 0.05) is 0 Å². The van der Waals surface area contributed by atoms with Crippen LogP contribution in [-0.4, -0.2) is 12.6 Å². The van der Waals surface area contributed by atoms with E-state index in [1.807, 2.05) is 75.4 Å². The summed E-state index contributed by atoms with van der Waals surface area (Å²) in [4.78, 5) is 11.2. The maximum absolute atomic E-state index is 11.2. The molecule has 0 bridgehead atoms. The fraction of sp³-hybridized carbons (Fsp3) is 0.500. The zero-order valence-electron chi connectivity index (χ0n) is 23.9. The number of hydrogen-bond acceptors (Lipinski definition) is 5. The second-order valence-corrected chi connectivity index (χ2v) is 10.3. The van der Waals surface area contributed by atoms with E-state index in [9.17, 15) is 4.79 Å². The molecule has 0 aliphatic heterocycles. The van der Waals surface area contributed by atoms with Crippen molar-refractivity contribution in [1.82, 2.24) is 0 Å². The molecular weight excluding hydrogens is 458 g/mol. The summed E-state index contributed by atoms with van der Waals surface area (Å²) in [5.41, 5.74) is 3.88. The SMILES string of the molecule is CCC(C)(C)C(=O)OCCC#N.CCC(C)(C)c1ccc(C#N)cc1.CCC(C)c1ccc(C#N)cc1. The van der Waals surface area contributed by atoms with Crippen molar-refractivity contribution in [3.05, 3.63) is 70.8 Å². The molecule has 0 aromatic heterocycles. The zero-order chi connectivity index (χ0) is 28.5. The second-order valence-electron chi connectivity index (χ2n) is 10.3. The highest BCUT2D eigenvalue weighted by Crippen LogP contribution is 2.26.